The molecular formula is C15H16N2O3S. The summed E-state index contributed by atoms with van der Waals surface area (Å²) >= 11 is 1.57. The van der Waals surface area contributed by atoms with Gasteiger partial charge in [-0.1, -0.05) is 0 Å². The summed E-state index contributed by atoms with van der Waals surface area (Å²) in [7, 11) is 0. The SMILES string of the molecule is CCN(CCc1nccs1)C(=O)c1ccc(C(=O)O)cc1. The Labute approximate surface area is 126 Å². The van der Waals surface area contributed by atoms with E-state index in [1.165, 1.54) is 12.1 Å². The van der Waals surface area contributed by atoms with Crippen molar-refractivity contribution in [3.8, 4) is 0 Å². The molecule has 1 aromatic heterocycles. The van der Waals surface area contributed by atoms with E-state index in [9.17, 15) is 9.59 Å². The lowest BCUT2D eigenvalue weighted by atomic mass is 10.1. The van der Waals surface area contributed by atoms with Gasteiger partial charge in [-0.15, -0.1) is 11.3 Å². The summed E-state index contributed by atoms with van der Waals surface area (Å²) in [4.78, 5) is 29.1. The fourth-order valence-electron chi connectivity index (χ4n) is 1.95. The van der Waals surface area contributed by atoms with E-state index >= 15 is 0 Å². The Morgan fingerprint density at radius 3 is 2.43 bits per heavy atom. The van der Waals surface area contributed by atoms with Crippen molar-refractivity contribution in [2.45, 2.75) is 13.3 Å². The first-order valence-electron chi connectivity index (χ1n) is 6.62. The molecular weight excluding hydrogens is 288 g/mol. The minimum absolute atomic E-state index is 0.0917. The van der Waals surface area contributed by atoms with Gasteiger partial charge < -0.3 is 10.0 Å². The van der Waals surface area contributed by atoms with Gasteiger partial charge in [-0.2, -0.15) is 0 Å². The van der Waals surface area contributed by atoms with Gasteiger partial charge in [0, 0.05) is 36.7 Å². The van der Waals surface area contributed by atoms with Gasteiger partial charge in [0.05, 0.1) is 10.6 Å². The largest absolute Gasteiger partial charge is 0.478 e. The highest BCUT2D eigenvalue weighted by Gasteiger charge is 2.15. The van der Waals surface area contributed by atoms with Crippen molar-refractivity contribution in [3.05, 3.63) is 52.0 Å². The predicted octanol–water partition coefficient (Wildman–Crippen LogP) is 2.55. The van der Waals surface area contributed by atoms with Gasteiger partial charge in [0.25, 0.3) is 5.91 Å². The van der Waals surface area contributed by atoms with Crippen molar-refractivity contribution in [1.82, 2.24) is 9.88 Å². The second-order valence-electron chi connectivity index (χ2n) is 4.44. The van der Waals surface area contributed by atoms with Crippen LogP contribution in [0.5, 0.6) is 0 Å². The second kappa shape index (κ2) is 6.99. The van der Waals surface area contributed by atoms with Crippen LogP contribution in [-0.2, 0) is 6.42 Å². The first kappa shape index (κ1) is 15.2. The van der Waals surface area contributed by atoms with Crippen molar-refractivity contribution in [2.75, 3.05) is 13.1 Å². The highest BCUT2D eigenvalue weighted by atomic mass is 32.1. The van der Waals surface area contributed by atoms with E-state index in [0.717, 1.165) is 11.4 Å². The Morgan fingerprint density at radius 1 is 1.24 bits per heavy atom. The number of carbonyl (C=O) groups is 2. The smallest absolute Gasteiger partial charge is 0.335 e. The molecule has 0 aliphatic rings. The Bertz CT molecular complexity index is 608. The van der Waals surface area contributed by atoms with E-state index in [4.69, 9.17) is 5.11 Å². The molecule has 1 heterocycles. The topological polar surface area (TPSA) is 70.5 Å². The zero-order valence-corrected chi connectivity index (χ0v) is 12.5. The third-order valence-corrected chi connectivity index (χ3v) is 3.97. The first-order chi connectivity index (χ1) is 10.1. The van der Waals surface area contributed by atoms with Crippen molar-refractivity contribution in [1.29, 1.82) is 0 Å². The van der Waals surface area contributed by atoms with Crippen LogP contribution in [0.15, 0.2) is 35.8 Å². The zero-order valence-electron chi connectivity index (χ0n) is 11.7. The lowest BCUT2D eigenvalue weighted by Crippen LogP contribution is -2.32. The number of aromatic nitrogens is 1. The molecule has 5 nitrogen and oxygen atoms in total. The molecule has 0 saturated heterocycles. The molecule has 0 atom stereocenters. The summed E-state index contributed by atoms with van der Waals surface area (Å²) < 4.78 is 0. The quantitative estimate of drug-likeness (QED) is 0.890. The highest BCUT2D eigenvalue weighted by Crippen LogP contribution is 2.10. The average molecular weight is 304 g/mol. The van der Waals surface area contributed by atoms with Gasteiger partial charge >= 0.3 is 5.97 Å². The Kier molecular flexibility index (Phi) is 5.05. The maximum atomic E-state index is 12.4. The van der Waals surface area contributed by atoms with Crippen molar-refractivity contribution in [3.63, 3.8) is 0 Å². The summed E-state index contributed by atoms with van der Waals surface area (Å²) in [5.74, 6) is -1.09. The van der Waals surface area contributed by atoms with Crippen LogP contribution in [0.4, 0.5) is 0 Å². The minimum Gasteiger partial charge on any atom is -0.478 e. The lowest BCUT2D eigenvalue weighted by Gasteiger charge is -2.20. The number of rotatable bonds is 6. The van der Waals surface area contributed by atoms with Crippen LogP contribution in [-0.4, -0.2) is 40.0 Å². The molecule has 1 amide bonds. The van der Waals surface area contributed by atoms with Crippen LogP contribution in [0.3, 0.4) is 0 Å². The van der Waals surface area contributed by atoms with Gasteiger partial charge in [0.2, 0.25) is 0 Å². The van der Waals surface area contributed by atoms with Crippen LogP contribution in [0, 0.1) is 0 Å². The normalized spacial score (nSPS) is 10.3. The fourth-order valence-corrected chi connectivity index (χ4v) is 2.56. The molecule has 6 heteroatoms. The average Bonchev–Trinajstić information content (AvgIpc) is 3.01. The number of hydrogen-bond donors (Lipinski definition) is 1. The zero-order chi connectivity index (χ0) is 15.2. The van der Waals surface area contributed by atoms with E-state index in [2.05, 4.69) is 4.98 Å². The lowest BCUT2D eigenvalue weighted by molar-refractivity contribution is 0.0694. The Hall–Kier alpha value is -2.21. The van der Waals surface area contributed by atoms with Crippen LogP contribution >= 0.6 is 11.3 Å². The molecule has 2 aromatic rings. The van der Waals surface area contributed by atoms with E-state index in [0.29, 0.717) is 18.7 Å². The number of nitrogens with zero attached hydrogens (tertiary/aromatic N) is 2. The predicted molar refractivity (Wildman–Crippen MR) is 80.8 cm³/mol. The minimum atomic E-state index is -0.995. The van der Waals surface area contributed by atoms with Crippen LogP contribution in [0.1, 0.15) is 32.6 Å². The number of likely N-dealkylation sites (N-methyl/N-ethyl adjacent to an activating group) is 1. The maximum Gasteiger partial charge on any atom is 0.335 e. The third-order valence-electron chi connectivity index (χ3n) is 3.13. The number of benzene rings is 1. The molecule has 0 aliphatic carbocycles. The number of amides is 1. The van der Waals surface area contributed by atoms with Crippen molar-refractivity contribution >= 4 is 23.2 Å². The molecule has 1 N–H and O–H groups in total. The summed E-state index contributed by atoms with van der Waals surface area (Å²) in [5.41, 5.74) is 0.679. The van der Waals surface area contributed by atoms with Crippen molar-refractivity contribution < 1.29 is 14.7 Å². The molecule has 0 spiro atoms. The number of carbonyl (C=O) groups excluding carboxylic acids is 1. The monoisotopic (exact) mass is 304 g/mol. The van der Waals surface area contributed by atoms with Gasteiger partial charge in [-0.3, -0.25) is 4.79 Å². The molecule has 0 aliphatic heterocycles. The Balaban J connectivity index is 2.03. The third kappa shape index (κ3) is 3.88. The van der Waals surface area contributed by atoms with E-state index < -0.39 is 5.97 Å². The van der Waals surface area contributed by atoms with Crippen LogP contribution < -0.4 is 0 Å². The number of hydrogen-bond acceptors (Lipinski definition) is 4. The van der Waals surface area contributed by atoms with E-state index in [1.54, 1.807) is 34.6 Å². The summed E-state index contributed by atoms with van der Waals surface area (Å²) in [6.45, 7) is 3.12. The van der Waals surface area contributed by atoms with Gasteiger partial charge in [-0.25, -0.2) is 9.78 Å². The van der Waals surface area contributed by atoms with E-state index in [1.807, 2.05) is 12.3 Å². The molecule has 0 unspecified atom stereocenters. The van der Waals surface area contributed by atoms with Gasteiger partial charge in [0.15, 0.2) is 0 Å². The molecule has 110 valence electrons. The molecule has 0 bridgehead atoms. The van der Waals surface area contributed by atoms with Gasteiger partial charge in [0.1, 0.15) is 0 Å². The van der Waals surface area contributed by atoms with E-state index in [-0.39, 0.29) is 11.5 Å². The first-order valence-corrected chi connectivity index (χ1v) is 7.50. The summed E-state index contributed by atoms with van der Waals surface area (Å²) in [5, 5.41) is 11.8. The highest BCUT2D eigenvalue weighted by molar-refractivity contribution is 7.09. The fraction of sp³-hybridized carbons (Fsp3) is 0.267. The molecule has 2 rings (SSSR count). The molecule has 0 saturated carbocycles. The molecule has 0 fully saturated rings. The molecule has 0 radical (unpaired) electrons. The number of carboxylic acids is 1. The van der Waals surface area contributed by atoms with Crippen molar-refractivity contribution in [2.24, 2.45) is 0 Å². The standard InChI is InChI=1S/C15H16N2O3S/c1-2-17(9-7-13-16-8-10-21-13)14(18)11-3-5-12(6-4-11)15(19)20/h3-6,8,10H,2,7,9H2,1H3,(H,19,20). The number of carboxylic acid groups (broad SMARTS) is 1. The molecule has 21 heavy (non-hydrogen) atoms. The van der Waals surface area contributed by atoms with Crippen LogP contribution in [0.25, 0.3) is 0 Å². The van der Waals surface area contributed by atoms with Gasteiger partial charge in [-0.05, 0) is 31.2 Å². The van der Waals surface area contributed by atoms with Crippen LogP contribution in [0.2, 0.25) is 0 Å². The summed E-state index contributed by atoms with van der Waals surface area (Å²) in [6, 6.07) is 6.00. The molecule has 1 aromatic carbocycles. The maximum absolute atomic E-state index is 12.4. The number of thiazole rings is 1. The second-order valence-corrected chi connectivity index (χ2v) is 5.42. The Morgan fingerprint density at radius 2 is 1.90 bits per heavy atom. The number of aromatic carboxylic acids is 1. The summed E-state index contributed by atoms with van der Waals surface area (Å²) in [6.07, 6.45) is 2.48.